The van der Waals surface area contributed by atoms with Gasteiger partial charge >= 0.3 is 0 Å². The minimum Gasteiger partial charge on any atom is -0.550 e. The second kappa shape index (κ2) is 6.96. The molecule has 0 spiro atoms. The van der Waals surface area contributed by atoms with E-state index in [0.29, 0.717) is 27.1 Å². The second-order valence-corrected chi connectivity index (χ2v) is 17.5. The topological polar surface area (TPSA) is 40.1 Å². The summed E-state index contributed by atoms with van der Waals surface area (Å²) in [6, 6.07) is 0. The number of fused-ring (bicyclic) bond motifs is 7. The summed E-state index contributed by atoms with van der Waals surface area (Å²) in [5.74, 6) is 2.62. The molecule has 2 heteroatoms. The van der Waals surface area contributed by atoms with Crippen molar-refractivity contribution in [1.29, 1.82) is 0 Å². The molecule has 6 bridgehead atoms. The summed E-state index contributed by atoms with van der Waals surface area (Å²) in [6.45, 7) is 24.0. The van der Waals surface area contributed by atoms with Crippen molar-refractivity contribution in [2.24, 2.45) is 67.0 Å². The highest BCUT2D eigenvalue weighted by atomic mass is 16.4. The maximum atomic E-state index is 11.5. The van der Waals surface area contributed by atoms with Crippen molar-refractivity contribution in [2.45, 2.75) is 139 Å². The van der Waals surface area contributed by atoms with Crippen molar-refractivity contribution in [3.8, 4) is 0 Å². The van der Waals surface area contributed by atoms with Crippen molar-refractivity contribution in [2.75, 3.05) is 0 Å². The predicted molar refractivity (Wildman–Crippen MR) is 145 cm³/mol. The van der Waals surface area contributed by atoms with Crippen LogP contribution in [-0.2, 0) is 4.79 Å². The van der Waals surface area contributed by atoms with Crippen LogP contribution in [0, 0.1) is 67.0 Å². The summed E-state index contributed by atoms with van der Waals surface area (Å²) in [5, 5.41) is 11.5. The Morgan fingerprint density at radius 2 is 1.33 bits per heavy atom. The molecule has 0 saturated heterocycles. The van der Waals surface area contributed by atoms with Gasteiger partial charge in [-0.2, -0.15) is 0 Å². The van der Waals surface area contributed by atoms with Gasteiger partial charge in [0.2, 0.25) is 0 Å². The Kier molecular flexibility index (Phi) is 4.98. The Labute approximate surface area is 222 Å². The first-order valence-corrected chi connectivity index (χ1v) is 15.7. The van der Waals surface area contributed by atoms with E-state index in [0.717, 1.165) is 36.5 Å². The van der Waals surface area contributed by atoms with E-state index in [9.17, 15) is 9.90 Å². The zero-order chi connectivity index (χ0) is 26.4. The molecule has 0 radical (unpaired) electrons. The molecule has 204 valence electrons. The van der Waals surface area contributed by atoms with Gasteiger partial charge in [0.25, 0.3) is 0 Å². The van der Waals surface area contributed by atoms with Gasteiger partial charge in [0.15, 0.2) is 0 Å². The number of carbonyl (C=O) groups excluding carboxylic acids is 1. The van der Waals surface area contributed by atoms with Crippen LogP contribution in [0.15, 0.2) is 0 Å². The van der Waals surface area contributed by atoms with Gasteiger partial charge in [0.1, 0.15) is 0 Å². The Morgan fingerprint density at radius 1 is 0.750 bits per heavy atom. The summed E-state index contributed by atoms with van der Waals surface area (Å²) >= 11 is 0. The van der Waals surface area contributed by atoms with Gasteiger partial charge in [-0.3, -0.25) is 0 Å². The zero-order valence-corrected chi connectivity index (χ0v) is 25.1. The molecule has 9 aliphatic rings. The van der Waals surface area contributed by atoms with Crippen molar-refractivity contribution in [3.63, 3.8) is 0 Å². The van der Waals surface area contributed by atoms with Gasteiger partial charge < -0.3 is 9.90 Å². The molecule has 9 saturated carbocycles. The minimum absolute atomic E-state index is 0.226. The third-order valence-electron chi connectivity index (χ3n) is 16.9. The van der Waals surface area contributed by atoms with Crippen LogP contribution in [0.2, 0.25) is 0 Å². The number of rotatable bonds is 6. The number of hydrogen-bond donors (Lipinski definition) is 0. The van der Waals surface area contributed by atoms with E-state index in [4.69, 9.17) is 0 Å². The molecule has 0 N–H and O–H groups in total. The minimum atomic E-state index is -0.864. The molecule has 0 aromatic rings. The lowest BCUT2D eigenvalue weighted by molar-refractivity contribution is -0.404. The molecule has 0 heterocycles. The Hall–Kier alpha value is -0.530. The molecule has 9 fully saturated rings. The quantitative estimate of drug-likeness (QED) is 0.374. The third-order valence-corrected chi connectivity index (χ3v) is 16.9. The molecule has 9 atom stereocenters. The van der Waals surface area contributed by atoms with E-state index < -0.39 is 5.97 Å². The maximum Gasteiger partial charge on any atom is 0.0414 e. The average molecular weight is 496 g/mol. The highest BCUT2D eigenvalue weighted by Gasteiger charge is 2.85. The van der Waals surface area contributed by atoms with E-state index in [2.05, 4.69) is 62.3 Å². The molecule has 0 aromatic heterocycles. The molecular weight excluding hydrogens is 440 g/mol. The van der Waals surface area contributed by atoms with Crippen LogP contribution in [0.3, 0.4) is 0 Å². The lowest BCUT2D eigenvalue weighted by atomic mass is 9.16. The zero-order valence-electron chi connectivity index (χ0n) is 25.1. The van der Waals surface area contributed by atoms with Crippen LogP contribution in [0.4, 0.5) is 0 Å². The van der Waals surface area contributed by atoms with Gasteiger partial charge in [-0.1, -0.05) is 62.3 Å². The Balaban J connectivity index is 1.50. The monoisotopic (exact) mass is 495 g/mol. The number of carboxylic acids is 1. The van der Waals surface area contributed by atoms with Gasteiger partial charge in [0, 0.05) is 5.97 Å². The molecule has 36 heavy (non-hydrogen) atoms. The second-order valence-electron chi connectivity index (χ2n) is 17.5. The average Bonchev–Trinajstić information content (AvgIpc) is 2.78. The fourth-order valence-electron chi connectivity index (χ4n) is 14.6. The van der Waals surface area contributed by atoms with Crippen molar-refractivity contribution >= 4 is 5.97 Å². The van der Waals surface area contributed by atoms with Gasteiger partial charge in [-0.15, -0.1) is 0 Å². The van der Waals surface area contributed by atoms with Crippen LogP contribution >= 0.6 is 0 Å². The molecular formula is C34H55O2-. The first-order valence-electron chi connectivity index (χ1n) is 15.7. The number of carboxylic acid groups (broad SMARTS) is 1. The van der Waals surface area contributed by atoms with E-state index in [1.807, 2.05) is 0 Å². The molecule has 2 nitrogen and oxygen atoms in total. The first kappa shape index (κ1) is 25.7. The van der Waals surface area contributed by atoms with E-state index in [1.165, 1.54) is 57.8 Å². The molecule has 9 unspecified atom stereocenters. The molecule has 0 aliphatic heterocycles. The van der Waals surface area contributed by atoms with Crippen LogP contribution in [0.5, 0.6) is 0 Å². The van der Waals surface area contributed by atoms with E-state index in [-0.39, 0.29) is 22.7 Å². The molecule has 0 aromatic carbocycles. The SMILES string of the molecule is CC1(C)C2CCC(C)(C34CC(CCC3(C)C3(C)CCC5CC3(CCCC(=O)[O-])C5(C)C)C4(C)C)C1C2. The third kappa shape index (κ3) is 2.35. The number of aliphatic carboxylic acids is 1. The summed E-state index contributed by atoms with van der Waals surface area (Å²) < 4.78 is 0. The van der Waals surface area contributed by atoms with E-state index in [1.54, 1.807) is 0 Å². The largest absolute Gasteiger partial charge is 0.550 e. The fourth-order valence-corrected chi connectivity index (χ4v) is 14.6. The van der Waals surface area contributed by atoms with Crippen LogP contribution in [-0.4, -0.2) is 5.97 Å². The molecule has 9 aliphatic carbocycles. The summed E-state index contributed by atoms with van der Waals surface area (Å²) in [5.41, 5.74) is 2.74. The van der Waals surface area contributed by atoms with Crippen LogP contribution < -0.4 is 5.11 Å². The van der Waals surface area contributed by atoms with Crippen molar-refractivity contribution in [1.82, 2.24) is 0 Å². The summed E-state index contributed by atoms with van der Waals surface area (Å²) in [6.07, 6.45) is 14.7. The van der Waals surface area contributed by atoms with Crippen molar-refractivity contribution < 1.29 is 9.90 Å². The summed E-state index contributed by atoms with van der Waals surface area (Å²) in [7, 11) is 0. The highest BCUT2D eigenvalue weighted by molar-refractivity contribution is 5.64. The Morgan fingerprint density at radius 3 is 1.86 bits per heavy atom. The van der Waals surface area contributed by atoms with Gasteiger partial charge in [-0.05, 0) is 144 Å². The molecule has 0 amide bonds. The summed E-state index contributed by atoms with van der Waals surface area (Å²) in [4.78, 5) is 11.5. The number of hydrogen-bond acceptors (Lipinski definition) is 2. The lowest BCUT2D eigenvalue weighted by Crippen LogP contribution is -2.82. The standard InChI is InChI=1S/C34H56O2/c1-27(2)22-12-16-30(7,25(27)19-22)34-21-24(29(34,5)6)14-18-32(34,9)31(8)17-13-23-20-33(31,28(23,3)4)15-10-11-26(35)36/h22-25H,10-21H2,1-9H3,(H,35,36)/p-1. The normalized spacial score (nSPS) is 55.0. The Bertz CT molecular complexity index is 974. The molecule has 9 rings (SSSR count). The van der Waals surface area contributed by atoms with E-state index >= 15 is 0 Å². The first-order chi connectivity index (χ1) is 16.5. The smallest absolute Gasteiger partial charge is 0.0414 e. The maximum absolute atomic E-state index is 11.5. The predicted octanol–water partition coefficient (Wildman–Crippen LogP) is 8.03. The van der Waals surface area contributed by atoms with Crippen LogP contribution in [0.1, 0.15) is 139 Å². The van der Waals surface area contributed by atoms with Gasteiger partial charge in [-0.25, -0.2) is 0 Å². The van der Waals surface area contributed by atoms with Gasteiger partial charge in [0.05, 0.1) is 0 Å². The fraction of sp³-hybridized carbons (Fsp3) is 0.971. The number of carbonyl (C=O) groups is 1. The highest BCUT2D eigenvalue weighted by Crippen LogP contribution is 2.92. The van der Waals surface area contributed by atoms with Crippen molar-refractivity contribution in [3.05, 3.63) is 0 Å². The van der Waals surface area contributed by atoms with Crippen LogP contribution in [0.25, 0.3) is 0 Å². The lowest BCUT2D eigenvalue weighted by Gasteiger charge is -2.88.